The summed E-state index contributed by atoms with van der Waals surface area (Å²) in [7, 11) is 0. The minimum absolute atomic E-state index is 0.478. The molecule has 0 bridgehead atoms. The average Bonchev–Trinajstić information content (AvgIpc) is 3.70. The molecule has 0 saturated heterocycles. The van der Waals surface area contributed by atoms with Crippen LogP contribution in [0.2, 0.25) is 0 Å². The average molecular weight is 747 g/mol. The quantitative estimate of drug-likeness (QED) is 0.134. The van der Waals surface area contributed by atoms with E-state index in [4.69, 9.17) is 4.42 Å². The van der Waals surface area contributed by atoms with Crippen LogP contribution in [0.15, 0.2) is 186 Å². The largest absolute Gasteiger partial charge is 0.456 e. The normalized spacial score (nSPS) is 11.7. The molecule has 0 amide bonds. The summed E-state index contributed by atoms with van der Waals surface area (Å²) in [6, 6.07) is 68.7. The Hall–Kier alpha value is -8.24. The van der Waals surface area contributed by atoms with E-state index in [1.54, 1.807) is 12.1 Å². The van der Waals surface area contributed by atoms with E-state index >= 15 is 0 Å². The zero-order chi connectivity index (χ0) is 39.2. The minimum Gasteiger partial charge on any atom is -0.456 e. The van der Waals surface area contributed by atoms with E-state index in [1.165, 1.54) is 92.1 Å². The maximum Gasteiger partial charge on any atom is 0.136 e. The van der Waals surface area contributed by atoms with Crippen LogP contribution in [-0.2, 0) is 0 Å². The van der Waals surface area contributed by atoms with Crippen molar-refractivity contribution in [1.82, 2.24) is 0 Å². The van der Waals surface area contributed by atoms with Gasteiger partial charge in [-0.25, -0.2) is 0 Å². The number of furan rings is 1. The van der Waals surface area contributed by atoms with Crippen LogP contribution >= 0.6 is 0 Å². The highest BCUT2D eigenvalue weighted by molar-refractivity contribution is 6.37. The first-order valence-corrected chi connectivity index (χ1v) is 19.8. The van der Waals surface area contributed by atoms with Crippen molar-refractivity contribution in [3.05, 3.63) is 193 Å². The third-order valence-electron chi connectivity index (χ3n) is 12.3. The van der Waals surface area contributed by atoms with Gasteiger partial charge < -0.3 is 4.42 Å². The number of nitrogens with zero attached hydrogens (tertiary/aromatic N) is 2. The topological polar surface area (TPSA) is 60.7 Å². The second-order valence-corrected chi connectivity index (χ2v) is 15.3. The molecule has 3 nitrogen and oxygen atoms in total. The van der Waals surface area contributed by atoms with E-state index in [-0.39, 0.29) is 0 Å². The predicted molar refractivity (Wildman–Crippen MR) is 244 cm³/mol. The third kappa shape index (κ3) is 4.80. The number of rotatable bonds is 3. The van der Waals surface area contributed by atoms with Crippen LogP contribution in [0.5, 0.6) is 0 Å². The van der Waals surface area contributed by atoms with Crippen LogP contribution in [0.1, 0.15) is 11.1 Å². The molecule has 12 rings (SSSR count). The van der Waals surface area contributed by atoms with E-state index in [0.29, 0.717) is 11.1 Å². The highest BCUT2D eigenvalue weighted by Crippen LogP contribution is 2.48. The fourth-order valence-electron chi connectivity index (χ4n) is 9.75. The second kappa shape index (κ2) is 12.6. The SMILES string of the molecule is N#Cc1ccc(-c2ccc(-c3c4ccccc4c(-c4ccc5c(c4)c4ccccc4c4c5ccc5oc6ccc7ccccc7c6c54)c4ccccc34)cc2)c(C#N)c1. The Bertz CT molecular complexity index is 3780. The molecule has 0 aliphatic heterocycles. The molecule has 0 aliphatic rings. The van der Waals surface area contributed by atoms with Crippen LogP contribution in [0, 0.1) is 22.7 Å². The summed E-state index contributed by atoms with van der Waals surface area (Å²) in [5, 5.41) is 36.0. The molecule has 0 N–H and O–H groups in total. The highest BCUT2D eigenvalue weighted by Gasteiger charge is 2.21. The molecule has 0 spiro atoms. The molecular formula is C56H30N2O. The van der Waals surface area contributed by atoms with Crippen molar-refractivity contribution in [2.45, 2.75) is 0 Å². The van der Waals surface area contributed by atoms with Gasteiger partial charge >= 0.3 is 0 Å². The summed E-state index contributed by atoms with van der Waals surface area (Å²) in [6.07, 6.45) is 0. The van der Waals surface area contributed by atoms with Crippen molar-refractivity contribution >= 4 is 86.6 Å². The van der Waals surface area contributed by atoms with Gasteiger partial charge in [0.15, 0.2) is 0 Å². The third-order valence-corrected chi connectivity index (χ3v) is 12.3. The minimum atomic E-state index is 0.478. The van der Waals surface area contributed by atoms with Gasteiger partial charge in [-0.1, -0.05) is 146 Å². The molecule has 0 unspecified atom stereocenters. The van der Waals surface area contributed by atoms with Gasteiger partial charge in [-0.2, -0.15) is 10.5 Å². The summed E-state index contributed by atoms with van der Waals surface area (Å²) >= 11 is 0. The van der Waals surface area contributed by atoms with Crippen LogP contribution in [0.3, 0.4) is 0 Å². The predicted octanol–water partition coefficient (Wildman–Crippen LogP) is 15.2. The lowest BCUT2D eigenvalue weighted by atomic mass is 9.84. The Kier molecular flexibility index (Phi) is 7.06. The van der Waals surface area contributed by atoms with E-state index < -0.39 is 0 Å². The molecule has 0 atom stereocenters. The van der Waals surface area contributed by atoms with Crippen LogP contribution in [-0.4, -0.2) is 0 Å². The van der Waals surface area contributed by atoms with Crippen molar-refractivity contribution in [3.63, 3.8) is 0 Å². The molecule has 3 heteroatoms. The van der Waals surface area contributed by atoms with Crippen molar-refractivity contribution in [2.75, 3.05) is 0 Å². The standard InChI is InChI=1S/C56H30N2O/c57-31-33-17-24-39(38(29-33)32-58)35-18-20-36(21-19-35)52-44-13-5-7-15-46(44)53(47-16-8-6-14-45(47)52)37-22-25-42-48-26-28-51-56(54(48)43-12-4-3-11-41(43)49(42)30-37)55-40-10-2-1-9-34(40)23-27-50(55)59-51/h1-30H. The van der Waals surface area contributed by atoms with Crippen molar-refractivity contribution in [2.24, 2.45) is 0 Å². The maximum absolute atomic E-state index is 9.88. The fourth-order valence-corrected chi connectivity index (χ4v) is 9.75. The lowest BCUT2D eigenvalue weighted by Gasteiger charge is -2.19. The van der Waals surface area contributed by atoms with Gasteiger partial charge in [0.05, 0.1) is 23.3 Å². The van der Waals surface area contributed by atoms with Gasteiger partial charge in [-0.15, -0.1) is 0 Å². The number of nitriles is 2. The Morgan fingerprint density at radius 3 is 1.56 bits per heavy atom. The fraction of sp³-hybridized carbons (Fsp3) is 0. The molecule has 59 heavy (non-hydrogen) atoms. The molecule has 12 aromatic rings. The van der Waals surface area contributed by atoms with Gasteiger partial charge in [-0.3, -0.25) is 0 Å². The van der Waals surface area contributed by atoms with Gasteiger partial charge in [0.1, 0.15) is 11.2 Å². The highest BCUT2D eigenvalue weighted by atomic mass is 16.3. The lowest BCUT2D eigenvalue weighted by Crippen LogP contribution is -1.92. The van der Waals surface area contributed by atoms with E-state index in [0.717, 1.165) is 27.9 Å². The second-order valence-electron chi connectivity index (χ2n) is 15.3. The zero-order valence-electron chi connectivity index (χ0n) is 31.6. The van der Waals surface area contributed by atoms with Crippen molar-refractivity contribution < 1.29 is 4.42 Å². The number of hydrogen-bond donors (Lipinski definition) is 0. The number of fused-ring (bicyclic) bond motifs is 14. The van der Waals surface area contributed by atoms with Crippen LogP contribution in [0.4, 0.5) is 0 Å². The lowest BCUT2D eigenvalue weighted by molar-refractivity contribution is 0.669. The number of hydrogen-bond acceptors (Lipinski definition) is 3. The molecule has 0 aliphatic carbocycles. The van der Waals surface area contributed by atoms with E-state index in [1.807, 2.05) is 6.07 Å². The smallest absolute Gasteiger partial charge is 0.136 e. The molecule has 0 radical (unpaired) electrons. The Balaban J connectivity index is 1.10. The molecule has 0 saturated carbocycles. The van der Waals surface area contributed by atoms with Gasteiger partial charge in [0, 0.05) is 16.2 Å². The summed E-state index contributed by atoms with van der Waals surface area (Å²) in [4.78, 5) is 0. The van der Waals surface area contributed by atoms with E-state index in [9.17, 15) is 10.5 Å². The zero-order valence-corrected chi connectivity index (χ0v) is 31.6. The Morgan fingerprint density at radius 1 is 0.339 bits per heavy atom. The first kappa shape index (κ1) is 33.0. The maximum atomic E-state index is 9.88. The summed E-state index contributed by atoms with van der Waals surface area (Å²) < 4.78 is 6.55. The first-order chi connectivity index (χ1) is 29.2. The molecular weight excluding hydrogens is 717 g/mol. The molecule has 270 valence electrons. The molecule has 1 heterocycles. The molecule has 11 aromatic carbocycles. The van der Waals surface area contributed by atoms with Crippen LogP contribution in [0.25, 0.3) is 120 Å². The number of benzene rings is 11. The summed E-state index contributed by atoms with van der Waals surface area (Å²) in [6.45, 7) is 0. The molecule has 1 aromatic heterocycles. The van der Waals surface area contributed by atoms with E-state index in [2.05, 4.69) is 176 Å². The van der Waals surface area contributed by atoms with Gasteiger partial charge in [-0.05, 0) is 129 Å². The summed E-state index contributed by atoms with van der Waals surface area (Å²) in [5.41, 5.74) is 9.18. The Morgan fingerprint density at radius 2 is 0.864 bits per heavy atom. The monoisotopic (exact) mass is 746 g/mol. The molecule has 0 fully saturated rings. The van der Waals surface area contributed by atoms with Crippen LogP contribution < -0.4 is 0 Å². The van der Waals surface area contributed by atoms with Crippen molar-refractivity contribution in [3.8, 4) is 45.5 Å². The van der Waals surface area contributed by atoms with Crippen molar-refractivity contribution in [1.29, 1.82) is 10.5 Å². The van der Waals surface area contributed by atoms with Gasteiger partial charge in [0.25, 0.3) is 0 Å². The van der Waals surface area contributed by atoms with Gasteiger partial charge in [0.2, 0.25) is 0 Å². The first-order valence-electron chi connectivity index (χ1n) is 19.8. The summed E-state index contributed by atoms with van der Waals surface area (Å²) in [5.74, 6) is 0. The Labute approximate surface area is 338 Å².